The molecule has 19 heavy (non-hydrogen) atoms. The van der Waals surface area contributed by atoms with Gasteiger partial charge in [-0.15, -0.1) is 0 Å². The molecule has 4 nitrogen and oxygen atoms in total. The SMILES string of the molecule is CC(C)(C)C(=O)/C=C\N1C2CC(C#N)C1C=CC2=O. The standard InChI is InChI=1S/C15H18N2O2/c1-15(2,3)14(19)6-7-17-11-4-5-13(18)12(17)8-10(11)9-16/h4-7,10-12H,8H2,1-3H3/b7-6-. The number of hydrogen-bond donors (Lipinski definition) is 0. The summed E-state index contributed by atoms with van der Waals surface area (Å²) in [5.41, 5.74) is -0.431. The van der Waals surface area contributed by atoms with Crippen LogP contribution in [0.5, 0.6) is 0 Å². The Bertz CT molecular complexity index is 505. The highest BCUT2D eigenvalue weighted by molar-refractivity contribution is 5.97. The van der Waals surface area contributed by atoms with Crippen LogP contribution in [0.4, 0.5) is 0 Å². The Balaban J connectivity index is 2.20. The Morgan fingerprint density at radius 2 is 2.21 bits per heavy atom. The zero-order chi connectivity index (χ0) is 14.2. The molecule has 2 heterocycles. The molecule has 4 heteroatoms. The summed E-state index contributed by atoms with van der Waals surface area (Å²) in [4.78, 5) is 25.5. The summed E-state index contributed by atoms with van der Waals surface area (Å²) in [7, 11) is 0. The van der Waals surface area contributed by atoms with Crippen molar-refractivity contribution in [2.45, 2.75) is 39.3 Å². The van der Waals surface area contributed by atoms with Gasteiger partial charge < -0.3 is 4.90 Å². The first kappa shape index (κ1) is 13.5. The van der Waals surface area contributed by atoms with Crippen molar-refractivity contribution in [2.24, 2.45) is 11.3 Å². The van der Waals surface area contributed by atoms with Gasteiger partial charge in [-0.1, -0.05) is 26.8 Å². The van der Waals surface area contributed by atoms with Crippen LogP contribution >= 0.6 is 0 Å². The number of nitriles is 1. The maximum Gasteiger partial charge on any atom is 0.177 e. The largest absolute Gasteiger partial charge is 0.359 e. The number of carbonyl (C=O) groups is 2. The van der Waals surface area contributed by atoms with E-state index in [1.807, 2.05) is 25.7 Å². The fourth-order valence-electron chi connectivity index (χ4n) is 2.45. The second kappa shape index (κ2) is 4.65. The van der Waals surface area contributed by atoms with Gasteiger partial charge in [-0.3, -0.25) is 9.59 Å². The maximum atomic E-state index is 11.9. The van der Waals surface area contributed by atoms with Gasteiger partial charge in [-0.05, 0) is 18.6 Å². The summed E-state index contributed by atoms with van der Waals surface area (Å²) >= 11 is 0. The van der Waals surface area contributed by atoms with Crippen LogP contribution in [0, 0.1) is 22.7 Å². The summed E-state index contributed by atoms with van der Waals surface area (Å²) in [6.07, 6.45) is 7.07. The molecule has 2 bridgehead atoms. The van der Waals surface area contributed by atoms with Gasteiger partial charge in [-0.25, -0.2) is 0 Å². The van der Waals surface area contributed by atoms with Crippen molar-refractivity contribution in [2.75, 3.05) is 0 Å². The average molecular weight is 258 g/mol. The second-order valence-electron chi connectivity index (χ2n) is 6.12. The Labute approximate surface area is 113 Å². The first-order chi connectivity index (χ1) is 8.84. The van der Waals surface area contributed by atoms with E-state index in [4.69, 9.17) is 5.26 Å². The maximum absolute atomic E-state index is 11.9. The smallest absolute Gasteiger partial charge is 0.177 e. The van der Waals surface area contributed by atoms with Gasteiger partial charge in [0.15, 0.2) is 11.6 Å². The van der Waals surface area contributed by atoms with Crippen LogP contribution in [-0.2, 0) is 9.59 Å². The molecule has 0 aromatic carbocycles. The van der Waals surface area contributed by atoms with Crippen molar-refractivity contribution >= 4 is 11.6 Å². The van der Waals surface area contributed by atoms with Crippen molar-refractivity contribution in [1.82, 2.24) is 4.90 Å². The molecule has 2 rings (SSSR count). The predicted molar refractivity (Wildman–Crippen MR) is 70.9 cm³/mol. The van der Waals surface area contributed by atoms with E-state index in [0.717, 1.165) is 0 Å². The number of nitrogens with zero attached hydrogens (tertiary/aromatic N) is 2. The third-order valence-electron chi connectivity index (χ3n) is 3.68. The van der Waals surface area contributed by atoms with Crippen molar-refractivity contribution < 1.29 is 9.59 Å². The molecule has 0 aliphatic carbocycles. The third kappa shape index (κ3) is 2.46. The Hall–Kier alpha value is -1.89. The lowest BCUT2D eigenvalue weighted by Crippen LogP contribution is -2.39. The average Bonchev–Trinajstić information content (AvgIpc) is 2.60. The number of allylic oxidation sites excluding steroid dienone is 1. The molecule has 0 aromatic heterocycles. The summed E-state index contributed by atoms with van der Waals surface area (Å²) < 4.78 is 0. The van der Waals surface area contributed by atoms with Crippen molar-refractivity contribution in [1.29, 1.82) is 5.26 Å². The van der Waals surface area contributed by atoms with Crippen LogP contribution in [-0.4, -0.2) is 28.6 Å². The summed E-state index contributed by atoms with van der Waals surface area (Å²) in [5, 5.41) is 9.11. The van der Waals surface area contributed by atoms with Gasteiger partial charge in [0, 0.05) is 11.6 Å². The Morgan fingerprint density at radius 3 is 2.79 bits per heavy atom. The van der Waals surface area contributed by atoms with Gasteiger partial charge in [0.2, 0.25) is 0 Å². The normalized spacial score (nSPS) is 29.9. The number of hydrogen-bond acceptors (Lipinski definition) is 4. The first-order valence-electron chi connectivity index (χ1n) is 6.46. The lowest BCUT2D eigenvalue weighted by atomic mass is 9.91. The van der Waals surface area contributed by atoms with Crippen molar-refractivity contribution in [3.05, 3.63) is 24.4 Å². The van der Waals surface area contributed by atoms with Gasteiger partial charge in [0.05, 0.1) is 24.1 Å². The van der Waals surface area contributed by atoms with Gasteiger partial charge >= 0.3 is 0 Å². The molecular weight excluding hydrogens is 240 g/mol. The lowest BCUT2D eigenvalue weighted by Gasteiger charge is -2.29. The molecule has 0 aromatic rings. The highest BCUT2D eigenvalue weighted by Gasteiger charge is 2.43. The van der Waals surface area contributed by atoms with Crippen LogP contribution in [0.3, 0.4) is 0 Å². The van der Waals surface area contributed by atoms with Gasteiger partial charge in [0.1, 0.15) is 0 Å². The fraction of sp³-hybridized carbons (Fsp3) is 0.533. The van der Waals surface area contributed by atoms with E-state index < -0.39 is 5.41 Å². The van der Waals surface area contributed by atoms with Crippen molar-refractivity contribution in [3.63, 3.8) is 0 Å². The zero-order valence-electron chi connectivity index (χ0n) is 11.5. The summed E-state index contributed by atoms with van der Waals surface area (Å²) in [6, 6.07) is 1.87. The molecule has 0 spiro atoms. The highest BCUT2D eigenvalue weighted by atomic mass is 16.1. The first-order valence-corrected chi connectivity index (χ1v) is 6.46. The van der Waals surface area contributed by atoms with E-state index in [1.54, 1.807) is 18.4 Å². The highest BCUT2D eigenvalue weighted by Crippen LogP contribution is 2.34. The van der Waals surface area contributed by atoms with Crippen molar-refractivity contribution in [3.8, 4) is 6.07 Å². The third-order valence-corrected chi connectivity index (χ3v) is 3.68. The fourth-order valence-corrected chi connectivity index (χ4v) is 2.45. The van der Waals surface area contributed by atoms with Gasteiger partial charge in [0.25, 0.3) is 0 Å². The zero-order valence-corrected chi connectivity index (χ0v) is 11.5. The molecule has 3 atom stereocenters. The summed E-state index contributed by atoms with van der Waals surface area (Å²) in [5.74, 6) is -0.147. The van der Waals surface area contributed by atoms with Crippen LogP contribution < -0.4 is 0 Å². The van der Waals surface area contributed by atoms with Crippen LogP contribution in [0.1, 0.15) is 27.2 Å². The van der Waals surface area contributed by atoms with E-state index in [1.165, 1.54) is 6.08 Å². The number of carbonyl (C=O) groups excluding carboxylic acids is 2. The summed E-state index contributed by atoms with van der Waals surface area (Å²) in [6.45, 7) is 5.56. The minimum Gasteiger partial charge on any atom is -0.359 e. The van der Waals surface area contributed by atoms with E-state index in [2.05, 4.69) is 6.07 Å². The lowest BCUT2D eigenvalue weighted by molar-refractivity contribution is -0.122. The molecule has 2 aliphatic heterocycles. The van der Waals surface area contributed by atoms with E-state index in [9.17, 15) is 9.59 Å². The molecule has 0 radical (unpaired) electrons. The molecule has 0 saturated carbocycles. The Morgan fingerprint density at radius 1 is 1.53 bits per heavy atom. The molecule has 0 N–H and O–H groups in total. The second-order valence-corrected chi connectivity index (χ2v) is 6.12. The number of ketones is 2. The van der Waals surface area contributed by atoms with E-state index in [0.29, 0.717) is 6.42 Å². The molecule has 3 unspecified atom stereocenters. The molecule has 2 aliphatic rings. The Kier molecular flexibility index (Phi) is 3.32. The monoisotopic (exact) mass is 258 g/mol. The molecule has 1 fully saturated rings. The molecule has 1 saturated heterocycles. The minimum atomic E-state index is -0.431. The predicted octanol–water partition coefficient (Wildman–Crippen LogP) is 1.84. The molecule has 100 valence electrons. The topological polar surface area (TPSA) is 61.2 Å². The quantitative estimate of drug-likeness (QED) is 0.709. The van der Waals surface area contributed by atoms with E-state index in [-0.39, 0.29) is 29.6 Å². The molecule has 0 amide bonds. The number of rotatable bonds is 2. The van der Waals surface area contributed by atoms with E-state index >= 15 is 0 Å². The number of fused-ring (bicyclic) bond motifs is 2. The van der Waals surface area contributed by atoms with Crippen LogP contribution in [0.25, 0.3) is 0 Å². The van der Waals surface area contributed by atoms with Gasteiger partial charge in [-0.2, -0.15) is 5.26 Å². The van der Waals surface area contributed by atoms with Crippen LogP contribution in [0.15, 0.2) is 24.4 Å². The molecular formula is C15H18N2O2. The minimum absolute atomic E-state index is 0.0156. The van der Waals surface area contributed by atoms with Crippen LogP contribution in [0.2, 0.25) is 0 Å².